The number of benzene rings is 1. The molecule has 0 saturated carbocycles. The van der Waals surface area contributed by atoms with Crippen LogP contribution < -0.4 is 20.1 Å². The summed E-state index contributed by atoms with van der Waals surface area (Å²) in [6, 6.07) is 5.77. The zero-order valence-corrected chi connectivity index (χ0v) is 17.8. The van der Waals surface area contributed by atoms with E-state index in [9.17, 15) is 0 Å². The number of hydrogen-bond donors (Lipinski definition) is 2. The fraction of sp³-hybridized carbons (Fsp3) is 0.471. The Labute approximate surface area is 166 Å². The average molecular weight is 465 g/mol. The summed E-state index contributed by atoms with van der Waals surface area (Å²) in [6.07, 6.45) is 1.92. The van der Waals surface area contributed by atoms with Crippen molar-refractivity contribution < 1.29 is 9.47 Å². The number of thioether (sulfide) groups is 1. The molecule has 0 unspecified atom stereocenters. The largest absolute Gasteiger partial charge is 0.497 e. The van der Waals surface area contributed by atoms with Crippen molar-refractivity contribution in [2.75, 3.05) is 38.8 Å². The molecule has 0 fully saturated rings. The minimum absolute atomic E-state index is 0. The summed E-state index contributed by atoms with van der Waals surface area (Å²) >= 11 is 1.84. The van der Waals surface area contributed by atoms with Crippen LogP contribution in [0.15, 0.2) is 35.8 Å². The van der Waals surface area contributed by atoms with Gasteiger partial charge >= 0.3 is 0 Å². The van der Waals surface area contributed by atoms with Crippen molar-refractivity contribution in [3.05, 3.63) is 36.4 Å². The van der Waals surface area contributed by atoms with Gasteiger partial charge in [0.15, 0.2) is 5.96 Å². The molecule has 2 N–H and O–H groups in total. The van der Waals surface area contributed by atoms with Gasteiger partial charge in [-0.2, -0.15) is 11.8 Å². The van der Waals surface area contributed by atoms with Crippen molar-refractivity contribution in [3.8, 4) is 11.5 Å². The highest BCUT2D eigenvalue weighted by molar-refractivity contribution is 14.0. The third-order valence-electron chi connectivity index (χ3n) is 3.02. The minimum atomic E-state index is 0. The van der Waals surface area contributed by atoms with Crippen molar-refractivity contribution in [3.63, 3.8) is 0 Å². The fourth-order valence-electron chi connectivity index (χ4n) is 1.90. The van der Waals surface area contributed by atoms with Crippen molar-refractivity contribution in [2.24, 2.45) is 4.99 Å². The topological polar surface area (TPSA) is 54.9 Å². The minimum Gasteiger partial charge on any atom is -0.497 e. The van der Waals surface area contributed by atoms with E-state index in [4.69, 9.17) is 9.47 Å². The van der Waals surface area contributed by atoms with Crippen molar-refractivity contribution in [1.29, 1.82) is 0 Å². The van der Waals surface area contributed by atoms with Crippen LogP contribution in [-0.2, 0) is 6.54 Å². The van der Waals surface area contributed by atoms with E-state index in [2.05, 4.69) is 29.1 Å². The van der Waals surface area contributed by atoms with Crippen LogP contribution in [0.3, 0.4) is 0 Å². The van der Waals surface area contributed by atoms with E-state index in [-0.39, 0.29) is 24.0 Å². The van der Waals surface area contributed by atoms with Crippen LogP contribution in [0.5, 0.6) is 11.5 Å². The third-order valence-corrected chi connectivity index (χ3v) is 3.98. The molecule has 0 saturated heterocycles. The van der Waals surface area contributed by atoms with Crippen molar-refractivity contribution >= 4 is 41.7 Å². The predicted molar refractivity (Wildman–Crippen MR) is 115 cm³/mol. The molecule has 0 aliphatic rings. The van der Waals surface area contributed by atoms with Crippen molar-refractivity contribution in [1.82, 2.24) is 10.6 Å². The van der Waals surface area contributed by atoms with Gasteiger partial charge in [-0.1, -0.05) is 6.08 Å². The standard InChI is InChI=1S/C17H27N3O2S.HI/c1-5-10-23-11-9-19-17(18-6-2)20-13-14-7-8-15(21-3)12-16(14)22-4;/h5,7-8,12H,1,6,9-11,13H2,2-4H3,(H2,18,19,20);1H. The Balaban J connectivity index is 0.00000529. The summed E-state index contributed by atoms with van der Waals surface area (Å²) < 4.78 is 10.6. The molecule has 0 radical (unpaired) electrons. The summed E-state index contributed by atoms with van der Waals surface area (Å²) in [5, 5.41) is 6.58. The number of methoxy groups -OCH3 is 2. The van der Waals surface area contributed by atoms with Crippen LogP contribution in [0.4, 0.5) is 0 Å². The van der Waals surface area contributed by atoms with Gasteiger partial charge in [0.05, 0.1) is 20.8 Å². The van der Waals surface area contributed by atoms with Gasteiger partial charge in [0.25, 0.3) is 0 Å². The smallest absolute Gasteiger partial charge is 0.191 e. The molecule has 0 amide bonds. The molecule has 0 atom stereocenters. The van der Waals surface area contributed by atoms with E-state index in [1.165, 1.54) is 0 Å². The molecule has 136 valence electrons. The molecule has 1 aromatic rings. The first-order valence-electron chi connectivity index (χ1n) is 7.66. The molecule has 0 heterocycles. The molecule has 24 heavy (non-hydrogen) atoms. The van der Waals surface area contributed by atoms with Gasteiger partial charge in [-0.3, -0.25) is 0 Å². The zero-order valence-electron chi connectivity index (χ0n) is 14.6. The highest BCUT2D eigenvalue weighted by Crippen LogP contribution is 2.25. The molecule has 0 aromatic heterocycles. The van der Waals surface area contributed by atoms with Crippen LogP contribution >= 0.6 is 35.7 Å². The first kappa shape index (κ1) is 22.9. The van der Waals surface area contributed by atoms with Crippen LogP contribution in [0.25, 0.3) is 0 Å². The number of nitrogens with zero attached hydrogens (tertiary/aromatic N) is 1. The Kier molecular flexibility index (Phi) is 13.6. The summed E-state index contributed by atoms with van der Waals surface area (Å²) in [5.74, 6) is 4.36. The van der Waals surface area contributed by atoms with E-state index < -0.39 is 0 Å². The molecule has 1 aromatic carbocycles. The van der Waals surface area contributed by atoms with Crippen LogP contribution in [0.2, 0.25) is 0 Å². The van der Waals surface area contributed by atoms with E-state index in [0.29, 0.717) is 6.54 Å². The molecular weight excluding hydrogens is 437 g/mol. The van der Waals surface area contributed by atoms with Crippen molar-refractivity contribution in [2.45, 2.75) is 13.5 Å². The molecule has 7 heteroatoms. The highest BCUT2D eigenvalue weighted by Gasteiger charge is 2.05. The van der Waals surface area contributed by atoms with Gasteiger partial charge in [0.1, 0.15) is 11.5 Å². The lowest BCUT2D eigenvalue weighted by atomic mass is 10.2. The SMILES string of the molecule is C=CCSCCNC(=NCc1ccc(OC)cc1OC)NCC.I. The number of guanidine groups is 1. The van der Waals surface area contributed by atoms with Gasteiger partial charge in [-0.15, -0.1) is 30.6 Å². The Morgan fingerprint density at radius 3 is 2.71 bits per heavy atom. The van der Waals surface area contributed by atoms with E-state index in [0.717, 1.165) is 47.6 Å². The van der Waals surface area contributed by atoms with Gasteiger partial charge in [-0.25, -0.2) is 4.99 Å². The monoisotopic (exact) mass is 465 g/mol. The summed E-state index contributed by atoms with van der Waals surface area (Å²) in [7, 11) is 3.30. The molecule has 0 aliphatic heterocycles. The first-order chi connectivity index (χ1) is 11.2. The molecule has 5 nitrogen and oxygen atoms in total. The molecule has 0 spiro atoms. The van der Waals surface area contributed by atoms with Crippen LogP contribution in [-0.4, -0.2) is 44.8 Å². The maximum Gasteiger partial charge on any atom is 0.191 e. The molecular formula is C17H28IN3O2S. The lowest BCUT2D eigenvalue weighted by molar-refractivity contribution is 0.391. The molecule has 1 rings (SSSR count). The maximum atomic E-state index is 5.40. The van der Waals surface area contributed by atoms with Crippen LogP contribution in [0.1, 0.15) is 12.5 Å². The fourth-order valence-corrected chi connectivity index (χ4v) is 2.48. The summed E-state index contributed by atoms with van der Waals surface area (Å²) in [5.41, 5.74) is 1.02. The lowest BCUT2D eigenvalue weighted by Crippen LogP contribution is -2.38. The maximum absolute atomic E-state index is 5.40. The Morgan fingerprint density at radius 1 is 1.29 bits per heavy atom. The Bertz CT molecular complexity index is 513. The normalized spacial score (nSPS) is 10.5. The first-order valence-corrected chi connectivity index (χ1v) is 8.82. The highest BCUT2D eigenvalue weighted by atomic mass is 127. The van der Waals surface area contributed by atoms with Gasteiger partial charge in [-0.05, 0) is 19.1 Å². The number of aliphatic imine (C=N–C) groups is 1. The number of nitrogens with one attached hydrogen (secondary N) is 2. The second-order valence-electron chi connectivity index (χ2n) is 4.66. The van der Waals surface area contributed by atoms with Gasteiger partial charge in [0, 0.05) is 36.2 Å². The third kappa shape index (κ3) is 8.68. The van der Waals surface area contributed by atoms with Crippen LogP contribution in [0, 0.1) is 0 Å². The summed E-state index contributed by atoms with van der Waals surface area (Å²) in [6.45, 7) is 8.00. The number of hydrogen-bond acceptors (Lipinski definition) is 4. The molecule has 0 bridgehead atoms. The number of halogens is 1. The number of rotatable bonds is 10. The second-order valence-corrected chi connectivity index (χ2v) is 5.81. The second kappa shape index (κ2) is 14.3. The van der Waals surface area contributed by atoms with Gasteiger partial charge in [0.2, 0.25) is 0 Å². The quantitative estimate of drug-likeness (QED) is 0.183. The Hall–Kier alpha value is -1.09. The predicted octanol–water partition coefficient (Wildman–Crippen LogP) is 3.30. The number of ether oxygens (including phenoxy) is 2. The lowest BCUT2D eigenvalue weighted by Gasteiger charge is -2.12. The average Bonchev–Trinajstić information content (AvgIpc) is 2.59. The van der Waals surface area contributed by atoms with E-state index in [1.54, 1.807) is 14.2 Å². The summed E-state index contributed by atoms with van der Waals surface area (Å²) in [4.78, 5) is 4.61. The Morgan fingerprint density at radius 2 is 2.08 bits per heavy atom. The molecule has 0 aliphatic carbocycles. The van der Waals surface area contributed by atoms with E-state index in [1.807, 2.05) is 36.0 Å². The van der Waals surface area contributed by atoms with Gasteiger partial charge < -0.3 is 20.1 Å². The zero-order chi connectivity index (χ0) is 16.9. The van der Waals surface area contributed by atoms with E-state index >= 15 is 0 Å².